The predicted molar refractivity (Wildman–Crippen MR) is 108 cm³/mol. The summed E-state index contributed by atoms with van der Waals surface area (Å²) in [7, 11) is 2.33. The van der Waals surface area contributed by atoms with E-state index in [0.717, 1.165) is 32.6 Å². The lowest BCUT2D eigenvalue weighted by atomic mass is 9.95. The van der Waals surface area contributed by atoms with Crippen LogP contribution in [0.5, 0.6) is 0 Å². The molecular weight excluding hydrogens is 374 g/mol. The van der Waals surface area contributed by atoms with Crippen LogP contribution in [0.3, 0.4) is 0 Å². The van der Waals surface area contributed by atoms with Gasteiger partial charge < -0.3 is 14.8 Å². The number of ether oxygens (including phenoxy) is 2. The number of hydrogen-bond donors (Lipinski definition) is 1. The van der Waals surface area contributed by atoms with Crippen LogP contribution in [0.25, 0.3) is 0 Å². The molecule has 0 radical (unpaired) electrons. The molecule has 2 aromatic rings. The Bertz CT molecular complexity index is 947. The summed E-state index contributed by atoms with van der Waals surface area (Å²) in [4.78, 5) is 49.1. The van der Waals surface area contributed by atoms with E-state index in [9.17, 15) is 19.2 Å². The molecule has 0 aliphatic rings. The van der Waals surface area contributed by atoms with Gasteiger partial charge in [0.05, 0.1) is 30.9 Å². The highest BCUT2D eigenvalue weighted by atomic mass is 16.5. The van der Waals surface area contributed by atoms with Crippen LogP contribution in [0.1, 0.15) is 67.3 Å². The Morgan fingerprint density at radius 3 is 1.83 bits per heavy atom. The minimum Gasteiger partial charge on any atom is -0.465 e. The van der Waals surface area contributed by atoms with E-state index in [1.165, 1.54) is 19.1 Å². The van der Waals surface area contributed by atoms with Crippen molar-refractivity contribution in [2.24, 2.45) is 0 Å². The number of Topliss-reactive ketones (excluding diaryl/α,β-unsaturated/α-hetero) is 1. The number of nitrogens with one attached hydrogen (secondary N) is 1. The number of carbonyl (C=O) groups excluding carboxylic acids is 4. The molecule has 152 valence electrons. The monoisotopic (exact) mass is 397 g/mol. The second-order valence-electron chi connectivity index (χ2n) is 6.38. The Labute approximate surface area is 169 Å². The van der Waals surface area contributed by atoms with Gasteiger partial charge in [0.2, 0.25) is 0 Å². The molecule has 1 amide bonds. The van der Waals surface area contributed by atoms with Crippen molar-refractivity contribution in [2.45, 2.75) is 26.7 Å². The van der Waals surface area contributed by atoms with E-state index in [0.29, 0.717) is 5.69 Å². The number of hydrogen-bond acceptors (Lipinski definition) is 6. The molecule has 0 fully saturated rings. The summed E-state index contributed by atoms with van der Waals surface area (Å²) in [6, 6.07) is 9.67. The first kappa shape index (κ1) is 21.8. The fourth-order valence-electron chi connectivity index (χ4n) is 2.88. The topological polar surface area (TPSA) is 98.8 Å². The average molecular weight is 397 g/mol. The van der Waals surface area contributed by atoms with Gasteiger partial charge in [0.15, 0.2) is 5.78 Å². The van der Waals surface area contributed by atoms with Crippen LogP contribution in [0.2, 0.25) is 0 Å². The van der Waals surface area contributed by atoms with Gasteiger partial charge in [-0.05, 0) is 43.2 Å². The molecule has 2 rings (SSSR count). The Kier molecular flexibility index (Phi) is 7.25. The van der Waals surface area contributed by atoms with E-state index in [1.807, 2.05) is 12.1 Å². The van der Waals surface area contributed by atoms with E-state index >= 15 is 0 Å². The summed E-state index contributed by atoms with van der Waals surface area (Å²) in [6.07, 6.45) is 1.93. The summed E-state index contributed by atoms with van der Waals surface area (Å²) in [6.45, 7) is 3.33. The van der Waals surface area contributed by atoms with Crippen molar-refractivity contribution in [1.29, 1.82) is 0 Å². The zero-order valence-corrected chi connectivity index (χ0v) is 16.8. The molecule has 0 saturated carbocycles. The average Bonchev–Trinajstić information content (AvgIpc) is 2.73. The fourth-order valence-corrected chi connectivity index (χ4v) is 2.88. The fraction of sp³-hybridized carbons (Fsp3) is 0.273. The number of carbonyl (C=O) groups is 4. The third kappa shape index (κ3) is 5.07. The summed E-state index contributed by atoms with van der Waals surface area (Å²) < 4.78 is 9.44. The third-order valence-electron chi connectivity index (χ3n) is 4.34. The van der Waals surface area contributed by atoms with Gasteiger partial charge in [-0.2, -0.15) is 0 Å². The van der Waals surface area contributed by atoms with E-state index in [2.05, 4.69) is 12.2 Å². The van der Waals surface area contributed by atoms with Crippen molar-refractivity contribution >= 4 is 29.3 Å². The molecule has 0 heterocycles. The minimum absolute atomic E-state index is 0.0299. The number of ketones is 1. The van der Waals surface area contributed by atoms with Crippen LogP contribution in [-0.2, 0) is 15.9 Å². The van der Waals surface area contributed by atoms with Gasteiger partial charge in [-0.1, -0.05) is 25.5 Å². The van der Waals surface area contributed by atoms with Crippen LogP contribution >= 0.6 is 0 Å². The molecule has 7 nitrogen and oxygen atoms in total. The van der Waals surface area contributed by atoms with E-state index in [-0.39, 0.29) is 22.3 Å². The van der Waals surface area contributed by atoms with Gasteiger partial charge in [0.1, 0.15) is 0 Å². The lowest BCUT2D eigenvalue weighted by Gasteiger charge is -2.13. The summed E-state index contributed by atoms with van der Waals surface area (Å²) in [5, 5.41) is 2.70. The van der Waals surface area contributed by atoms with Gasteiger partial charge in [0.25, 0.3) is 5.91 Å². The number of anilines is 1. The number of methoxy groups -OCH3 is 2. The lowest BCUT2D eigenvalue weighted by molar-refractivity contribution is 0.0583. The van der Waals surface area contributed by atoms with Crippen LogP contribution < -0.4 is 5.32 Å². The maximum Gasteiger partial charge on any atom is 0.338 e. The highest BCUT2D eigenvalue weighted by molar-refractivity contribution is 6.15. The highest BCUT2D eigenvalue weighted by Gasteiger charge is 2.25. The summed E-state index contributed by atoms with van der Waals surface area (Å²) >= 11 is 0. The molecule has 0 bridgehead atoms. The minimum atomic E-state index is -0.799. The van der Waals surface area contributed by atoms with Gasteiger partial charge in [-0.3, -0.25) is 9.59 Å². The Hall–Kier alpha value is -3.48. The number of aryl methyl sites for hydroxylation is 1. The van der Waals surface area contributed by atoms with Crippen molar-refractivity contribution in [2.75, 3.05) is 19.5 Å². The molecular formula is C22H23NO6. The van der Waals surface area contributed by atoms with Crippen molar-refractivity contribution in [1.82, 2.24) is 0 Å². The van der Waals surface area contributed by atoms with Gasteiger partial charge >= 0.3 is 11.9 Å². The smallest absolute Gasteiger partial charge is 0.338 e. The molecule has 0 atom stereocenters. The molecule has 0 spiro atoms. The first-order chi connectivity index (χ1) is 13.8. The standard InChI is InChI=1S/C22H23NO6/c1-5-6-14-7-9-15(10-8-14)23-20(25)17-12-18(21(26)28-3)16(13(2)24)11-19(17)22(27)29-4/h7-12H,5-6H2,1-4H3,(H,23,25). The van der Waals surface area contributed by atoms with E-state index < -0.39 is 23.6 Å². The predicted octanol–water partition coefficient (Wildman–Crippen LogP) is 3.67. The SMILES string of the molecule is CCCc1ccc(NC(=O)c2cc(C(=O)OC)c(C(C)=O)cc2C(=O)OC)cc1. The van der Waals surface area contributed by atoms with E-state index in [4.69, 9.17) is 9.47 Å². The second kappa shape index (κ2) is 9.64. The maximum atomic E-state index is 12.9. The Morgan fingerprint density at radius 1 is 0.828 bits per heavy atom. The summed E-state index contributed by atoms with van der Waals surface area (Å²) in [5.41, 5.74) is 1.32. The molecule has 0 aromatic heterocycles. The Balaban J connectivity index is 2.50. The Morgan fingerprint density at radius 2 is 1.34 bits per heavy atom. The van der Waals surface area contributed by atoms with Crippen LogP contribution in [0, 0.1) is 0 Å². The van der Waals surface area contributed by atoms with Crippen LogP contribution in [0.4, 0.5) is 5.69 Å². The van der Waals surface area contributed by atoms with Crippen molar-refractivity contribution in [3.63, 3.8) is 0 Å². The lowest BCUT2D eigenvalue weighted by Crippen LogP contribution is -2.20. The van der Waals surface area contributed by atoms with Gasteiger partial charge in [-0.15, -0.1) is 0 Å². The van der Waals surface area contributed by atoms with Crippen molar-refractivity contribution in [3.8, 4) is 0 Å². The zero-order chi connectivity index (χ0) is 21.6. The van der Waals surface area contributed by atoms with E-state index in [1.54, 1.807) is 12.1 Å². The van der Waals surface area contributed by atoms with Crippen molar-refractivity contribution in [3.05, 3.63) is 64.2 Å². The van der Waals surface area contributed by atoms with Crippen LogP contribution in [0.15, 0.2) is 36.4 Å². The number of rotatable bonds is 7. The quantitative estimate of drug-likeness (QED) is 0.565. The number of benzene rings is 2. The molecule has 2 aromatic carbocycles. The van der Waals surface area contributed by atoms with Crippen molar-refractivity contribution < 1.29 is 28.7 Å². The largest absolute Gasteiger partial charge is 0.465 e. The molecule has 0 unspecified atom stereocenters. The molecule has 0 saturated heterocycles. The first-order valence-electron chi connectivity index (χ1n) is 9.08. The normalized spacial score (nSPS) is 10.2. The van der Waals surface area contributed by atoms with Gasteiger partial charge in [0, 0.05) is 11.3 Å². The molecule has 29 heavy (non-hydrogen) atoms. The second-order valence-corrected chi connectivity index (χ2v) is 6.38. The molecule has 1 N–H and O–H groups in total. The number of amides is 1. The molecule has 7 heteroatoms. The molecule has 0 aliphatic heterocycles. The first-order valence-corrected chi connectivity index (χ1v) is 9.08. The highest BCUT2D eigenvalue weighted by Crippen LogP contribution is 2.22. The third-order valence-corrected chi connectivity index (χ3v) is 4.34. The number of esters is 2. The van der Waals surface area contributed by atoms with Crippen LogP contribution in [-0.4, -0.2) is 37.8 Å². The molecule has 0 aliphatic carbocycles. The summed E-state index contributed by atoms with van der Waals surface area (Å²) in [5.74, 6) is -2.65. The maximum absolute atomic E-state index is 12.9. The van der Waals surface area contributed by atoms with Gasteiger partial charge in [-0.25, -0.2) is 9.59 Å². The zero-order valence-electron chi connectivity index (χ0n) is 16.8.